The average Bonchev–Trinajstić information content (AvgIpc) is 2.98. The van der Waals surface area contributed by atoms with Gasteiger partial charge in [-0.1, -0.05) is 19.8 Å². The number of hydrogen-bond acceptors (Lipinski definition) is 3. The lowest BCUT2D eigenvalue weighted by Crippen LogP contribution is -2.53. The van der Waals surface area contributed by atoms with E-state index in [1.807, 2.05) is 12.3 Å². The van der Waals surface area contributed by atoms with Crippen molar-refractivity contribution in [2.75, 3.05) is 6.54 Å². The van der Waals surface area contributed by atoms with Gasteiger partial charge < -0.3 is 4.90 Å². The first-order valence-corrected chi connectivity index (χ1v) is 7.22. The molecule has 3 rings (SSSR count). The highest BCUT2D eigenvalue weighted by Crippen LogP contribution is 2.39. The van der Waals surface area contributed by atoms with Gasteiger partial charge in [-0.25, -0.2) is 4.79 Å². The molecule has 2 unspecified atom stereocenters. The van der Waals surface area contributed by atoms with Crippen LogP contribution in [-0.4, -0.2) is 38.7 Å². The third-order valence-electron chi connectivity index (χ3n) is 4.49. The van der Waals surface area contributed by atoms with Gasteiger partial charge in [0.1, 0.15) is 5.54 Å². The lowest BCUT2D eigenvalue weighted by atomic mass is 9.75. The molecular formula is C14H20N4O2. The van der Waals surface area contributed by atoms with Gasteiger partial charge in [-0.2, -0.15) is 5.10 Å². The Morgan fingerprint density at radius 1 is 1.45 bits per heavy atom. The Hall–Kier alpha value is -1.85. The molecule has 1 saturated heterocycles. The molecule has 3 amide bonds. The van der Waals surface area contributed by atoms with E-state index in [1.165, 1.54) is 0 Å². The second-order valence-electron chi connectivity index (χ2n) is 5.91. The highest BCUT2D eigenvalue weighted by molar-refractivity contribution is 6.07. The van der Waals surface area contributed by atoms with Gasteiger partial charge in [-0.05, 0) is 24.8 Å². The minimum absolute atomic E-state index is 0.116. The fraction of sp³-hybridized carbons (Fsp3) is 0.643. The van der Waals surface area contributed by atoms with E-state index in [4.69, 9.17) is 0 Å². The molecule has 2 heterocycles. The van der Waals surface area contributed by atoms with E-state index in [-0.39, 0.29) is 11.9 Å². The van der Waals surface area contributed by atoms with Crippen molar-refractivity contribution in [1.82, 2.24) is 20.0 Å². The Balaban J connectivity index is 1.78. The summed E-state index contributed by atoms with van der Waals surface area (Å²) in [5.74, 6) is 0.363. The van der Waals surface area contributed by atoms with Gasteiger partial charge in [0, 0.05) is 18.9 Å². The van der Waals surface area contributed by atoms with E-state index in [9.17, 15) is 9.59 Å². The highest BCUT2D eigenvalue weighted by atomic mass is 16.2. The Morgan fingerprint density at radius 2 is 2.30 bits per heavy atom. The summed E-state index contributed by atoms with van der Waals surface area (Å²) in [7, 11) is 0. The maximum atomic E-state index is 12.3. The largest absolute Gasteiger partial charge is 0.325 e. The highest BCUT2D eigenvalue weighted by Gasteiger charge is 2.53. The second kappa shape index (κ2) is 4.92. The lowest BCUT2D eigenvalue weighted by molar-refractivity contribution is -0.129. The van der Waals surface area contributed by atoms with Gasteiger partial charge in [0.05, 0.1) is 6.54 Å². The van der Waals surface area contributed by atoms with Crippen molar-refractivity contribution in [3.05, 3.63) is 18.5 Å². The van der Waals surface area contributed by atoms with Gasteiger partial charge in [0.2, 0.25) is 0 Å². The first-order valence-electron chi connectivity index (χ1n) is 7.22. The summed E-state index contributed by atoms with van der Waals surface area (Å²) in [6, 6.07) is 1.60. The average molecular weight is 276 g/mol. The molecule has 2 atom stereocenters. The summed E-state index contributed by atoms with van der Waals surface area (Å²) in [6.07, 6.45) is 7.26. The molecule has 1 aromatic heterocycles. The van der Waals surface area contributed by atoms with Gasteiger partial charge in [-0.3, -0.25) is 14.8 Å². The number of imide groups is 1. The van der Waals surface area contributed by atoms with Crippen molar-refractivity contribution < 1.29 is 9.59 Å². The summed E-state index contributed by atoms with van der Waals surface area (Å²) >= 11 is 0. The molecule has 0 radical (unpaired) electrons. The molecule has 1 aliphatic heterocycles. The number of rotatable bonds is 3. The number of carbonyl (C=O) groups is 2. The predicted octanol–water partition coefficient (Wildman–Crippen LogP) is 1.38. The summed E-state index contributed by atoms with van der Waals surface area (Å²) in [6.45, 7) is 3.29. The molecule has 6 nitrogen and oxygen atoms in total. The van der Waals surface area contributed by atoms with Crippen molar-refractivity contribution in [1.29, 1.82) is 0 Å². The minimum Gasteiger partial charge on any atom is -0.308 e. The van der Waals surface area contributed by atoms with E-state index in [0.29, 0.717) is 19.0 Å². The maximum Gasteiger partial charge on any atom is 0.325 e. The molecule has 2 aliphatic rings. The summed E-state index contributed by atoms with van der Waals surface area (Å²) < 4.78 is 1.79. The molecule has 0 aromatic carbocycles. The van der Waals surface area contributed by atoms with Crippen LogP contribution >= 0.6 is 0 Å². The van der Waals surface area contributed by atoms with E-state index in [2.05, 4.69) is 17.3 Å². The Morgan fingerprint density at radius 3 is 3.00 bits per heavy atom. The van der Waals surface area contributed by atoms with Crippen molar-refractivity contribution in [2.24, 2.45) is 5.92 Å². The van der Waals surface area contributed by atoms with Crippen LogP contribution in [0, 0.1) is 5.92 Å². The number of aromatic nitrogens is 2. The Bertz CT molecular complexity index is 513. The first kappa shape index (κ1) is 13.1. The molecule has 0 bridgehead atoms. The third-order valence-corrected chi connectivity index (χ3v) is 4.49. The van der Waals surface area contributed by atoms with Crippen LogP contribution in [0.5, 0.6) is 0 Å². The van der Waals surface area contributed by atoms with Crippen LogP contribution in [0.1, 0.15) is 32.6 Å². The van der Waals surface area contributed by atoms with Crippen LogP contribution in [-0.2, 0) is 11.3 Å². The molecule has 1 saturated carbocycles. The molecule has 20 heavy (non-hydrogen) atoms. The molecule has 1 aliphatic carbocycles. The molecular weight excluding hydrogens is 256 g/mol. The topological polar surface area (TPSA) is 67.2 Å². The van der Waals surface area contributed by atoms with Gasteiger partial charge in [0.25, 0.3) is 5.91 Å². The van der Waals surface area contributed by atoms with E-state index < -0.39 is 5.54 Å². The fourth-order valence-corrected chi connectivity index (χ4v) is 3.52. The zero-order valence-corrected chi connectivity index (χ0v) is 11.7. The standard InChI is InChI=1S/C14H20N4O2/c1-11-4-2-5-14(10-11)12(19)16-13(20)18(14)9-8-17-7-3-6-15-17/h3,6-7,11H,2,4-5,8-10H2,1H3,(H,16,19,20). The number of nitrogens with one attached hydrogen (secondary N) is 1. The summed E-state index contributed by atoms with van der Waals surface area (Å²) in [5.41, 5.74) is -0.623. The van der Waals surface area contributed by atoms with E-state index >= 15 is 0 Å². The SMILES string of the molecule is CC1CCCC2(C1)C(=O)NC(=O)N2CCn1cccn1. The smallest absolute Gasteiger partial charge is 0.308 e. The molecule has 1 aromatic rings. The minimum atomic E-state index is -0.623. The quantitative estimate of drug-likeness (QED) is 0.848. The van der Waals surface area contributed by atoms with Crippen molar-refractivity contribution in [3.63, 3.8) is 0 Å². The number of nitrogens with zero attached hydrogens (tertiary/aromatic N) is 3. The predicted molar refractivity (Wildman–Crippen MR) is 72.8 cm³/mol. The van der Waals surface area contributed by atoms with Crippen molar-refractivity contribution in [2.45, 2.75) is 44.7 Å². The van der Waals surface area contributed by atoms with Gasteiger partial charge in [0.15, 0.2) is 0 Å². The van der Waals surface area contributed by atoms with Crippen LogP contribution in [0.25, 0.3) is 0 Å². The zero-order valence-electron chi connectivity index (χ0n) is 11.7. The van der Waals surface area contributed by atoms with Gasteiger partial charge in [-0.15, -0.1) is 0 Å². The van der Waals surface area contributed by atoms with Crippen molar-refractivity contribution in [3.8, 4) is 0 Å². The molecule has 1 N–H and O–H groups in total. The van der Waals surface area contributed by atoms with Crippen LogP contribution in [0.2, 0.25) is 0 Å². The zero-order chi connectivity index (χ0) is 14.2. The van der Waals surface area contributed by atoms with Crippen LogP contribution in [0.4, 0.5) is 4.79 Å². The molecule has 1 spiro atoms. The van der Waals surface area contributed by atoms with E-state index in [0.717, 1.165) is 25.7 Å². The first-order chi connectivity index (χ1) is 9.62. The van der Waals surface area contributed by atoms with Gasteiger partial charge >= 0.3 is 6.03 Å². The number of amides is 3. The molecule has 108 valence electrons. The van der Waals surface area contributed by atoms with Crippen LogP contribution < -0.4 is 5.32 Å². The molecule has 2 fully saturated rings. The number of carbonyl (C=O) groups excluding carboxylic acids is 2. The summed E-state index contributed by atoms with van der Waals surface area (Å²) in [5, 5.41) is 6.64. The van der Waals surface area contributed by atoms with Crippen molar-refractivity contribution >= 4 is 11.9 Å². The maximum absolute atomic E-state index is 12.3. The Labute approximate surface area is 118 Å². The molecule has 6 heteroatoms. The number of hydrogen-bond donors (Lipinski definition) is 1. The lowest BCUT2D eigenvalue weighted by Gasteiger charge is -2.40. The third kappa shape index (κ3) is 2.09. The normalized spacial score (nSPS) is 30.1. The fourth-order valence-electron chi connectivity index (χ4n) is 3.52. The monoisotopic (exact) mass is 276 g/mol. The number of urea groups is 1. The van der Waals surface area contributed by atoms with E-state index in [1.54, 1.807) is 15.8 Å². The summed E-state index contributed by atoms with van der Waals surface area (Å²) in [4.78, 5) is 26.1. The van der Waals surface area contributed by atoms with Crippen LogP contribution in [0.15, 0.2) is 18.5 Å². The second-order valence-corrected chi connectivity index (χ2v) is 5.91. The Kier molecular flexibility index (Phi) is 3.23. The van der Waals surface area contributed by atoms with Crippen LogP contribution in [0.3, 0.4) is 0 Å².